The number of nitrogens with one attached hydrogen (secondary N) is 1. The lowest BCUT2D eigenvalue weighted by Crippen LogP contribution is -2.12. The smallest absolute Gasteiger partial charge is 0.303 e. The highest BCUT2D eigenvalue weighted by atomic mass is 79.9. The largest absolute Gasteiger partial charge is 0.481 e. The summed E-state index contributed by atoms with van der Waals surface area (Å²) >= 11 is 3.31. The number of carbonyl (C=O) groups excluding carboxylic acids is 1. The summed E-state index contributed by atoms with van der Waals surface area (Å²) in [5.41, 5.74) is 6.61. The molecule has 20 heavy (non-hydrogen) atoms. The Morgan fingerprint density at radius 3 is 2.50 bits per heavy atom. The molecular weight excluding hydrogens is 324 g/mol. The second kappa shape index (κ2) is 8.58. The normalized spacial score (nSPS) is 10.2. The van der Waals surface area contributed by atoms with Crippen molar-refractivity contribution in [1.29, 1.82) is 0 Å². The Kier molecular flexibility index (Phi) is 7.08. The molecule has 6 heteroatoms. The summed E-state index contributed by atoms with van der Waals surface area (Å²) in [5, 5.41) is 11.8. The van der Waals surface area contributed by atoms with Crippen LogP contribution in [0.2, 0.25) is 0 Å². The van der Waals surface area contributed by atoms with Crippen LogP contribution in [0.25, 0.3) is 0 Å². The molecule has 0 radical (unpaired) electrons. The fourth-order valence-electron chi connectivity index (χ4n) is 1.81. The Balaban J connectivity index is 2.24. The fourth-order valence-corrected chi connectivity index (χ4v) is 2.39. The van der Waals surface area contributed by atoms with E-state index in [0.717, 1.165) is 37.9 Å². The third kappa shape index (κ3) is 6.06. The SMILES string of the molecule is NC(=O)c1ccc(NCCCCCCC(=O)O)cc1Br. The van der Waals surface area contributed by atoms with Crippen LogP contribution >= 0.6 is 15.9 Å². The molecule has 0 fully saturated rings. The van der Waals surface area contributed by atoms with Gasteiger partial charge in [-0.15, -0.1) is 0 Å². The van der Waals surface area contributed by atoms with Crippen LogP contribution in [0.15, 0.2) is 22.7 Å². The van der Waals surface area contributed by atoms with Crippen LogP contribution in [0, 0.1) is 0 Å². The van der Waals surface area contributed by atoms with E-state index in [1.54, 1.807) is 6.07 Å². The standard InChI is InChI=1S/C14H19BrN2O3/c15-12-9-10(6-7-11(12)14(16)20)17-8-4-2-1-3-5-13(18)19/h6-7,9,17H,1-5,8H2,(H2,16,20)(H,18,19). The van der Waals surface area contributed by atoms with Crippen LogP contribution < -0.4 is 11.1 Å². The molecule has 1 amide bonds. The lowest BCUT2D eigenvalue weighted by molar-refractivity contribution is -0.137. The van der Waals surface area contributed by atoms with Gasteiger partial charge in [0.2, 0.25) is 5.91 Å². The number of halogens is 1. The summed E-state index contributed by atoms with van der Waals surface area (Å²) in [6, 6.07) is 5.32. The van der Waals surface area contributed by atoms with Crippen molar-refractivity contribution in [3.63, 3.8) is 0 Å². The highest BCUT2D eigenvalue weighted by molar-refractivity contribution is 9.10. The van der Waals surface area contributed by atoms with Gasteiger partial charge in [0.1, 0.15) is 0 Å². The highest BCUT2D eigenvalue weighted by Crippen LogP contribution is 2.21. The van der Waals surface area contributed by atoms with E-state index in [-0.39, 0.29) is 6.42 Å². The van der Waals surface area contributed by atoms with Crippen molar-refractivity contribution in [3.05, 3.63) is 28.2 Å². The van der Waals surface area contributed by atoms with Gasteiger partial charge in [-0.3, -0.25) is 9.59 Å². The Bertz CT molecular complexity index is 477. The number of carboxylic acids is 1. The van der Waals surface area contributed by atoms with E-state index in [1.165, 1.54) is 0 Å². The quantitative estimate of drug-likeness (QED) is 0.601. The molecule has 1 aromatic rings. The fraction of sp³-hybridized carbons (Fsp3) is 0.429. The average Bonchev–Trinajstić information content (AvgIpc) is 2.37. The minimum Gasteiger partial charge on any atom is -0.481 e. The van der Waals surface area contributed by atoms with E-state index in [9.17, 15) is 9.59 Å². The third-order valence-corrected chi connectivity index (χ3v) is 3.54. The van der Waals surface area contributed by atoms with Crippen LogP contribution in [0.4, 0.5) is 5.69 Å². The minimum atomic E-state index is -0.734. The van der Waals surface area contributed by atoms with Gasteiger partial charge in [-0.05, 0) is 47.0 Å². The first-order chi connectivity index (χ1) is 9.50. The lowest BCUT2D eigenvalue weighted by atomic mass is 10.1. The van der Waals surface area contributed by atoms with Crippen LogP contribution in [-0.4, -0.2) is 23.5 Å². The average molecular weight is 343 g/mol. The molecule has 1 aromatic carbocycles. The molecule has 1 rings (SSSR count). The number of nitrogens with two attached hydrogens (primary N) is 1. The second-order valence-electron chi connectivity index (χ2n) is 4.54. The Morgan fingerprint density at radius 1 is 1.20 bits per heavy atom. The molecule has 0 saturated heterocycles. The maximum Gasteiger partial charge on any atom is 0.303 e. The number of primary amides is 1. The Labute approximate surface area is 126 Å². The summed E-state index contributed by atoms with van der Waals surface area (Å²) in [6.07, 6.45) is 3.89. The first kappa shape index (κ1) is 16.5. The zero-order chi connectivity index (χ0) is 15.0. The zero-order valence-electron chi connectivity index (χ0n) is 11.2. The lowest BCUT2D eigenvalue weighted by Gasteiger charge is -2.08. The van der Waals surface area contributed by atoms with Crippen molar-refractivity contribution in [2.45, 2.75) is 32.1 Å². The van der Waals surface area contributed by atoms with E-state index < -0.39 is 11.9 Å². The number of anilines is 1. The van der Waals surface area contributed by atoms with Gasteiger partial charge in [-0.25, -0.2) is 0 Å². The number of carbonyl (C=O) groups is 2. The second-order valence-corrected chi connectivity index (χ2v) is 5.40. The number of hydrogen-bond acceptors (Lipinski definition) is 3. The molecule has 0 aliphatic heterocycles. The molecule has 0 aliphatic carbocycles. The topological polar surface area (TPSA) is 92.4 Å². The molecule has 0 aliphatic rings. The van der Waals surface area contributed by atoms with E-state index in [2.05, 4.69) is 21.2 Å². The first-order valence-electron chi connectivity index (χ1n) is 6.55. The van der Waals surface area contributed by atoms with Crippen molar-refractivity contribution in [3.8, 4) is 0 Å². The van der Waals surface area contributed by atoms with Crippen molar-refractivity contribution in [1.82, 2.24) is 0 Å². The van der Waals surface area contributed by atoms with Crippen molar-refractivity contribution >= 4 is 33.5 Å². The van der Waals surface area contributed by atoms with E-state index in [4.69, 9.17) is 10.8 Å². The molecule has 4 N–H and O–H groups in total. The summed E-state index contributed by atoms with van der Waals surface area (Å²) < 4.78 is 0.677. The monoisotopic (exact) mass is 342 g/mol. The van der Waals surface area contributed by atoms with E-state index in [1.807, 2.05) is 12.1 Å². The maximum atomic E-state index is 11.1. The number of unbranched alkanes of at least 4 members (excludes halogenated alkanes) is 3. The predicted octanol–water partition coefficient (Wildman–Crippen LogP) is 3.00. The minimum absolute atomic E-state index is 0.245. The predicted molar refractivity (Wildman–Crippen MR) is 81.9 cm³/mol. The number of amides is 1. The number of carboxylic acid groups (broad SMARTS) is 1. The Morgan fingerprint density at radius 2 is 1.90 bits per heavy atom. The van der Waals surface area contributed by atoms with Gasteiger partial charge in [-0.1, -0.05) is 12.8 Å². The summed E-state index contributed by atoms with van der Waals surface area (Å²) in [7, 11) is 0. The molecule has 0 saturated carbocycles. The number of benzene rings is 1. The Hall–Kier alpha value is -1.56. The van der Waals surface area contributed by atoms with Crippen molar-refractivity contribution in [2.75, 3.05) is 11.9 Å². The molecule has 0 bridgehead atoms. The molecule has 0 aromatic heterocycles. The van der Waals surface area contributed by atoms with E-state index in [0.29, 0.717) is 10.0 Å². The van der Waals surface area contributed by atoms with Gasteiger partial charge >= 0.3 is 5.97 Å². The first-order valence-corrected chi connectivity index (χ1v) is 7.35. The molecule has 5 nitrogen and oxygen atoms in total. The maximum absolute atomic E-state index is 11.1. The van der Waals surface area contributed by atoms with Gasteiger partial charge in [0, 0.05) is 23.1 Å². The summed E-state index contributed by atoms with van der Waals surface area (Å²) in [5.74, 6) is -1.19. The van der Waals surface area contributed by atoms with Gasteiger partial charge in [0.15, 0.2) is 0 Å². The number of rotatable bonds is 9. The van der Waals surface area contributed by atoms with Gasteiger partial charge < -0.3 is 16.2 Å². The number of hydrogen-bond donors (Lipinski definition) is 3. The van der Waals surface area contributed by atoms with Crippen LogP contribution in [0.3, 0.4) is 0 Å². The van der Waals surface area contributed by atoms with Gasteiger partial charge in [0.25, 0.3) is 0 Å². The van der Waals surface area contributed by atoms with Crippen LogP contribution in [-0.2, 0) is 4.79 Å². The molecule has 0 unspecified atom stereocenters. The molecule has 110 valence electrons. The van der Waals surface area contributed by atoms with Crippen molar-refractivity contribution < 1.29 is 14.7 Å². The van der Waals surface area contributed by atoms with Gasteiger partial charge in [-0.2, -0.15) is 0 Å². The summed E-state index contributed by atoms with van der Waals surface area (Å²) in [6.45, 7) is 0.815. The molecule has 0 atom stereocenters. The zero-order valence-corrected chi connectivity index (χ0v) is 12.8. The third-order valence-electron chi connectivity index (χ3n) is 2.88. The van der Waals surface area contributed by atoms with Gasteiger partial charge in [0.05, 0.1) is 5.56 Å². The van der Waals surface area contributed by atoms with E-state index >= 15 is 0 Å². The number of aliphatic carboxylic acids is 1. The van der Waals surface area contributed by atoms with Crippen molar-refractivity contribution in [2.24, 2.45) is 5.73 Å². The van der Waals surface area contributed by atoms with Crippen LogP contribution in [0.5, 0.6) is 0 Å². The molecule has 0 spiro atoms. The molecular formula is C14H19BrN2O3. The van der Waals surface area contributed by atoms with Crippen LogP contribution in [0.1, 0.15) is 42.5 Å². The highest BCUT2D eigenvalue weighted by Gasteiger charge is 2.06. The summed E-state index contributed by atoms with van der Waals surface area (Å²) in [4.78, 5) is 21.4. The molecule has 0 heterocycles.